The summed E-state index contributed by atoms with van der Waals surface area (Å²) in [7, 11) is 1.52. The lowest BCUT2D eigenvalue weighted by molar-refractivity contribution is 0.279. The van der Waals surface area contributed by atoms with Crippen molar-refractivity contribution in [3.05, 3.63) is 59.4 Å². The largest absolute Gasteiger partial charge is 0.493 e. The Hall–Kier alpha value is -2.14. The van der Waals surface area contributed by atoms with Gasteiger partial charge in [-0.25, -0.2) is 4.39 Å². The van der Waals surface area contributed by atoms with Crippen LogP contribution >= 0.6 is 12.2 Å². The number of hydrogen-bond acceptors (Lipinski definition) is 3. The van der Waals surface area contributed by atoms with E-state index in [1.165, 1.54) is 13.2 Å². The van der Waals surface area contributed by atoms with E-state index in [-0.39, 0.29) is 17.4 Å². The van der Waals surface area contributed by atoms with Crippen molar-refractivity contribution in [1.82, 2.24) is 0 Å². The Morgan fingerprint density at radius 1 is 1.20 bits per heavy atom. The van der Waals surface area contributed by atoms with Crippen LogP contribution in [-0.4, -0.2) is 12.1 Å². The van der Waals surface area contributed by atoms with E-state index in [9.17, 15) is 4.39 Å². The number of para-hydroxylation sites is 1. The minimum Gasteiger partial charge on any atom is -0.493 e. The molecule has 2 aromatic rings. The molecule has 0 radical (unpaired) electrons. The highest BCUT2D eigenvalue weighted by Crippen LogP contribution is 2.31. The van der Waals surface area contributed by atoms with Gasteiger partial charge in [0.05, 0.1) is 12.7 Å². The summed E-state index contributed by atoms with van der Waals surface area (Å²) in [5.41, 5.74) is 6.68. The molecule has 0 fully saturated rings. The zero-order valence-electron chi connectivity index (χ0n) is 10.9. The Balaban J connectivity index is 2.29. The molecule has 0 atom stereocenters. The van der Waals surface area contributed by atoms with E-state index in [4.69, 9.17) is 27.4 Å². The lowest BCUT2D eigenvalue weighted by Crippen LogP contribution is -2.12. The summed E-state index contributed by atoms with van der Waals surface area (Å²) >= 11 is 4.98. The first-order valence-electron chi connectivity index (χ1n) is 5.96. The number of ether oxygens (including phenoxy) is 2. The summed E-state index contributed by atoms with van der Waals surface area (Å²) < 4.78 is 24.4. The van der Waals surface area contributed by atoms with Crippen LogP contribution in [0.3, 0.4) is 0 Å². The minimum atomic E-state index is -0.320. The highest BCUT2D eigenvalue weighted by atomic mass is 32.1. The van der Waals surface area contributed by atoms with Gasteiger partial charge in [0.25, 0.3) is 0 Å². The van der Waals surface area contributed by atoms with Crippen LogP contribution in [0.25, 0.3) is 0 Å². The van der Waals surface area contributed by atoms with E-state index in [0.29, 0.717) is 22.6 Å². The standard InChI is InChI=1S/C15H14FNO2S/c1-18-13-8-4-6-11(15(17)20)14(13)19-9-10-5-2-3-7-12(10)16/h2-8H,9H2,1H3,(H2,17,20). The predicted molar refractivity (Wildman–Crippen MR) is 79.6 cm³/mol. The van der Waals surface area contributed by atoms with Crippen molar-refractivity contribution in [2.24, 2.45) is 5.73 Å². The fourth-order valence-electron chi connectivity index (χ4n) is 1.78. The van der Waals surface area contributed by atoms with Gasteiger partial charge < -0.3 is 15.2 Å². The van der Waals surface area contributed by atoms with Crippen molar-refractivity contribution in [3.8, 4) is 11.5 Å². The highest BCUT2D eigenvalue weighted by molar-refractivity contribution is 7.80. The third-order valence-corrected chi connectivity index (χ3v) is 3.01. The summed E-state index contributed by atoms with van der Waals surface area (Å²) in [4.78, 5) is 0.201. The molecule has 2 rings (SSSR count). The first kappa shape index (κ1) is 14.3. The number of rotatable bonds is 5. The van der Waals surface area contributed by atoms with E-state index in [1.54, 1.807) is 36.4 Å². The Bertz CT molecular complexity index is 631. The van der Waals surface area contributed by atoms with Crippen LogP contribution in [-0.2, 0) is 6.61 Å². The highest BCUT2D eigenvalue weighted by Gasteiger charge is 2.13. The Kier molecular flexibility index (Phi) is 4.53. The third-order valence-electron chi connectivity index (χ3n) is 2.79. The average Bonchev–Trinajstić information content (AvgIpc) is 2.46. The molecule has 0 amide bonds. The molecule has 2 aromatic carbocycles. The second kappa shape index (κ2) is 6.34. The number of nitrogens with two attached hydrogens (primary N) is 1. The molecule has 0 aliphatic rings. The molecule has 3 nitrogen and oxygen atoms in total. The van der Waals surface area contributed by atoms with Gasteiger partial charge in [-0.1, -0.05) is 36.5 Å². The quantitative estimate of drug-likeness (QED) is 0.860. The fraction of sp³-hybridized carbons (Fsp3) is 0.133. The van der Waals surface area contributed by atoms with E-state index in [0.717, 1.165) is 0 Å². The Labute approximate surface area is 122 Å². The van der Waals surface area contributed by atoms with E-state index in [2.05, 4.69) is 0 Å². The SMILES string of the molecule is COc1cccc(C(N)=S)c1OCc1ccccc1F. The third kappa shape index (κ3) is 3.05. The summed E-state index contributed by atoms with van der Waals surface area (Å²) in [6.07, 6.45) is 0. The lowest BCUT2D eigenvalue weighted by Gasteiger charge is -2.14. The Morgan fingerprint density at radius 3 is 2.60 bits per heavy atom. The van der Waals surface area contributed by atoms with E-state index < -0.39 is 0 Å². The molecule has 0 bridgehead atoms. The topological polar surface area (TPSA) is 44.5 Å². The summed E-state index contributed by atoms with van der Waals surface area (Å²) in [5.74, 6) is 0.608. The molecule has 5 heteroatoms. The normalized spacial score (nSPS) is 10.1. The van der Waals surface area contributed by atoms with Crippen LogP contribution in [0.2, 0.25) is 0 Å². The van der Waals surface area contributed by atoms with Gasteiger partial charge in [0, 0.05) is 5.56 Å². The zero-order chi connectivity index (χ0) is 14.5. The predicted octanol–water partition coefficient (Wildman–Crippen LogP) is 3.05. The van der Waals surface area contributed by atoms with Gasteiger partial charge in [-0.2, -0.15) is 0 Å². The van der Waals surface area contributed by atoms with Crippen LogP contribution in [0.1, 0.15) is 11.1 Å². The Morgan fingerprint density at radius 2 is 1.95 bits per heavy atom. The first-order chi connectivity index (χ1) is 9.63. The molecule has 0 heterocycles. The van der Waals surface area contributed by atoms with Gasteiger partial charge in [-0.15, -0.1) is 0 Å². The molecule has 2 N–H and O–H groups in total. The van der Waals surface area contributed by atoms with E-state index in [1.807, 2.05) is 0 Å². The van der Waals surface area contributed by atoms with Crippen LogP contribution in [0.15, 0.2) is 42.5 Å². The maximum Gasteiger partial charge on any atom is 0.171 e. The molecular formula is C15H14FNO2S. The first-order valence-corrected chi connectivity index (χ1v) is 6.37. The maximum absolute atomic E-state index is 13.6. The second-order valence-corrected chi connectivity index (χ2v) is 4.52. The molecule has 0 saturated heterocycles. The van der Waals surface area contributed by atoms with Gasteiger partial charge in [0.2, 0.25) is 0 Å². The summed E-state index contributed by atoms with van der Waals surface area (Å²) in [5, 5.41) is 0. The smallest absolute Gasteiger partial charge is 0.171 e. The van der Waals surface area contributed by atoms with Crippen molar-refractivity contribution in [2.45, 2.75) is 6.61 Å². The number of hydrogen-bond donors (Lipinski definition) is 1. The summed E-state index contributed by atoms with van der Waals surface area (Å²) in [6, 6.07) is 11.7. The second-order valence-electron chi connectivity index (χ2n) is 4.08. The number of methoxy groups -OCH3 is 1. The van der Waals surface area contributed by atoms with Crippen LogP contribution in [0.4, 0.5) is 4.39 Å². The van der Waals surface area contributed by atoms with Crippen LogP contribution in [0, 0.1) is 5.82 Å². The van der Waals surface area contributed by atoms with Gasteiger partial charge in [0.15, 0.2) is 11.5 Å². The molecule has 0 aliphatic carbocycles. The molecular weight excluding hydrogens is 277 g/mol. The number of thiocarbonyl (C=S) groups is 1. The summed E-state index contributed by atoms with van der Waals surface area (Å²) in [6.45, 7) is 0.0721. The van der Waals surface area contributed by atoms with E-state index >= 15 is 0 Å². The number of benzene rings is 2. The van der Waals surface area contributed by atoms with Crippen LogP contribution in [0.5, 0.6) is 11.5 Å². The van der Waals surface area contributed by atoms with Crippen molar-refractivity contribution in [3.63, 3.8) is 0 Å². The van der Waals surface area contributed by atoms with Crippen molar-refractivity contribution in [2.75, 3.05) is 7.11 Å². The van der Waals surface area contributed by atoms with Gasteiger partial charge in [-0.05, 0) is 18.2 Å². The maximum atomic E-state index is 13.6. The van der Waals surface area contributed by atoms with Crippen molar-refractivity contribution >= 4 is 17.2 Å². The molecule has 20 heavy (non-hydrogen) atoms. The molecule has 0 spiro atoms. The van der Waals surface area contributed by atoms with Crippen molar-refractivity contribution in [1.29, 1.82) is 0 Å². The minimum absolute atomic E-state index is 0.0721. The lowest BCUT2D eigenvalue weighted by atomic mass is 10.2. The molecule has 0 saturated carbocycles. The van der Waals surface area contributed by atoms with Gasteiger partial charge >= 0.3 is 0 Å². The number of halogens is 1. The van der Waals surface area contributed by atoms with Gasteiger partial charge in [-0.3, -0.25) is 0 Å². The molecule has 0 aromatic heterocycles. The van der Waals surface area contributed by atoms with Gasteiger partial charge in [0.1, 0.15) is 17.4 Å². The monoisotopic (exact) mass is 291 g/mol. The molecule has 0 aliphatic heterocycles. The van der Waals surface area contributed by atoms with Crippen molar-refractivity contribution < 1.29 is 13.9 Å². The molecule has 0 unspecified atom stereocenters. The fourth-order valence-corrected chi connectivity index (χ4v) is 1.95. The van der Waals surface area contributed by atoms with Crippen LogP contribution < -0.4 is 15.2 Å². The zero-order valence-corrected chi connectivity index (χ0v) is 11.7. The molecule has 104 valence electrons. The average molecular weight is 291 g/mol.